The lowest BCUT2D eigenvalue weighted by molar-refractivity contribution is 0.0526. The van der Waals surface area contributed by atoms with Crippen molar-refractivity contribution in [1.29, 1.82) is 0 Å². The summed E-state index contributed by atoms with van der Waals surface area (Å²) in [6, 6.07) is 7.00. The maximum absolute atomic E-state index is 11.8. The van der Waals surface area contributed by atoms with E-state index in [9.17, 15) is 9.59 Å². The van der Waals surface area contributed by atoms with Crippen LogP contribution in [0.1, 0.15) is 45.8 Å². The van der Waals surface area contributed by atoms with Crippen LogP contribution in [0, 0.1) is 0 Å². The van der Waals surface area contributed by atoms with Crippen LogP contribution in [0.15, 0.2) is 30.5 Å². The van der Waals surface area contributed by atoms with Crippen molar-refractivity contribution in [2.75, 3.05) is 13.7 Å². The summed E-state index contributed by atoms with van der Waals surface area (Å²) in [6.07, 6.45) is 3.03. The van der Waals surface area contributed by atoms with Crippen molar-refractivity contribution in [3.8, 4) is 0 Å². The predicted octanol–water partition coefficient (Wildman–Crippen LogP) is 3.58. The molecule has 0 aliphatic rings. The number of Topliss-reactive ketones (excluding diaryl/α,β-unsaturated/α-hetero) is 1. The first-order valence-corrected chi connectivity index (χ1v) is 8.08. The minimum atomic E-state index is -0.385. The average molecular weight is 363 g/mol. The van der Waals surface area contributed by atoms with E-state index in [1.165, 1.54) is 25.0 Å². The molecule has 7 heteroatoms. The highest BCUT2D eigenvalue weighted by molar-refractivity contribution is 6.31. The molecule has 0 unspecified atom stereocenters. The fourth-order valence-corrected chi connectivity index (χ4v) is 2.54. The van der Waals surface area contributed by atoms with E-state index in [-0.39, 0.29) is 17.4 Å². The minimum absolute atomic E-state index is 0.198. The number of methoxy groups -OCH3 is 1. The zero-order valence-electron chi connectivity index (χ0n) is 14.3. The van der Waals surface area contributed by atoms with Gasteiger partial charge in [-0.2, -0.15) is 5.10 Å². The molecular weight excluding hydrogens is 344 g/mol. The summed E-state index contributed by atoms with van der Waals surface area (Å²) in [4.78, 5) is 23.6. The average Bonchev–Trinajstić information content (AvgIpc) is 2.90. The van der Waals surface area contributed by atoms with Crippen molar-refractivity contribution in [2.45, 2.75) is 20.4 Å². The summed E-state index contributed by atoms with van der Waals surface area (Å²) in [5.74, 6) is -0.583. The van der Waals surface area contributed by atoms with Crippen molar-refractivity contribution in [1.82, 2.24) is 9.78 Å². The Kier molecular flexibility index (Phi) is 6.36. The van der Waals surface area contributed by atoms with E-state index in [1.807, 2.05) is 6.07 Å². The zero-order chi connectivity index (χ0) is 18.4. The Labute approximate surface area is 151 Å². The predicted molar refractivity (Wildman–Crippen MR) is 94.8 cm³/mol. The topological polar surface area (TPSA) is 70.4 Å². The number of ketones is 1. The maximum Gasteiger partial charge on any atom is 0.338 e. The van der Waals surface area contributed by atoms with E-state index in [0.717, 1.165) is 5.56 Å². The molecule has 0 amide bonds. The van der Waals surface area contributed by atoms with Crippen LogP contribution in [0.25, 0.3) is 6.08 Å². The number of carbonyl (C=O) groups excluding carboxylic acids is 2. The molecule has 0 atom stereocenters. The van der Waals surface area contributed by atoms with Crippen LogP contribution in [0.3, 0.4) is 0 Å². The third kappa shape index (κ3) is 4.48. The van der Waals surface area contributed by atoms with Crippen molar-refractivity contribution in [3.05, 3.63) is 58.1 Å². The van der Waals surface area contributed by atoms with Gasteiger partial charge in [0.1, 0.15) is 10.8 Å². The summed E-state index contributed by atoms with van der Waals surface area (Å²) < 4.78 is 11.4. The van der Waals surface area contributed by atoms with E-state index in [1.54, 1.807) is 31.2 Å². The Morgan fingerprint density at radius 2 is 2.12 bits per heavy atom. The molecule has 0 saturated heterocycles. The number of aromatic nitrogens is 2. The fourth-order valence-electron chi connectivity index (χ4n) is 2.29. The summed E-state index contributed by atoms with van der Waals surface area (Å²) in [6.45, 7) is 3.80. The number of carbonyl (C=O) groups is 2. The first kappa shape index (κ1) is 18.7. The van der Waals surface area contributed by atoms with Gasteiger partial charge in [-0.15, -0.1) is 0 Å². The van der Waals surface area contributed by atoms with Gasteiger partial charge in [0.15, 0.2) is 5.78 Å². The first-order chi connectivity index (χ1) is 12.0. The minimum Gasteiger partial charge on any atom is -0.504 e. The van der Waals surface area contributed by atoms with E-state index >= 15 is 0 Å². The Balaban J connectivity index is 2.34. The van der Waals surface area contributed by atoms with E-state index in [0.29, 0.717) is 29.4 Å². The van der Waals surface area contributed by atoms with Crippen molar-refractivity contribution in [3.63, 3.8) is 0 Å². The highest BCUT2D eigenvalue weighted by atomic mass is 35.5. The molecule has 0 spiro atoms. The van der Waals surface area contributed by atoms with Gasteiger partial charge in [0.2, 0.25) is 0 Å². The molecule has 1 heterocycles. The van der Waals surface area contributed by atoms with Crippen molar-refractivity contribution in [2.24, 2.45) is 0 Å². The smallest absolute Gasteiger partial charge is 0.338 e. The number of hydrogen-bond donors (Lipinski definition) is 0. The summed E-state index contributed by atoms with van der Waals surface area (Å²) in [7, 11) is 1.50. The Morgan fingerprint density at radius 1 is 1.36 bits per heavy atom. The Bertz CT molecular complexity index is 811. The van der Waals surface area contributed by atoms with Gasteiger partial charge in [-0.3, -0.25) is 4.79 Å². The molecule has 6 nitrogen and oxygen atoms in total. The molecule has 25 heavy (non-hydrogen) atoms. The summed E-state index contributed by atoms with van der Waals surface area (Å²) >= 11 is 6.36. The lowest BCUT2D eigenvalue weighted by Crippen LogP contribution is -2.07. The van der Waals surface area contributed by atoms with Crippen LogP contribution in [0.4, 0.5) is 0 Å². The Morgan fingerprint density at radius 3 is 2.76 bits per heavy atom. The largest absolute Gasteiger partial charge is 0.504 e. The highest BCUT2D eigenvalue weighted by Crippen LogP contribution is 2.23. The number of halogens is 1. The van der Waals surface area contributed by atoms with Gasteiger partial charge in [0.05, 0.1) is 32.1 Å². The van der Waals surface area contributed by atoms with Crippen LogP contribution in [-0.4, -0.2) is 35.2 Å². The third-order valence-electron chi connectivity index (χ3n) is 3.40. The number of ether oxygens (including phenoxy) is 2. The molecule has 132 valence electrons. The van der Waals surface area contributed by atoms with Gasteiger partial charge in [0, 0.05) is 12.5 Å². The van der Waals surface area contributed by atoms with E-state index in [2.05, 4.69) is 5.10 Å². The molecule has 2 rings (SSSR count). The fraction of sp³-hybridized carbons (Fsp3) is 0.278. The quantitative estimate of drug-likeness (QED) is 0.427. The maximum atomic E-state index is 11.8. The number of nitrogens with zero attached hydrogens (tertiary/aromatic N) is 2. The van der Waals surface area contributed by atoms with E-state index < -0.39 is 0 Å². The molecule has 0 aliphatic heterocycles. The molecule has 1 aromatic carbocycles. The second-order valence-corrected chi connectivity index (χ2v) is 5.58. The molecule has 0 fully saturated rings. The molecule has 0 bridgehead atoms. The van der Waals surface area contributed by atoms with Gasteiger partial charge < -0.3 is 9.47 Å². The van der Waals surface area contributed by atoms with Crippen LogP contribution >= 0.6 is 11.6 Å². The molecule has 1 aromatic heterocycles. The molecular formula is C18H19ClN2O4. The SMILES string of the molecule is CCOC(=O)c1cccc(Cn2nc(C(C)=O)c(C=COC)c2Cl)c1. The monoisotopic (exact) mass is 362 g/mol. The second kappa shape index (κ2) is 8.48. The van der Waals surface area contributed by atoms with Crippen molar-refractivity contribution < 1.29 is 19.1 Å². The van der Waals surface area contributed by atoms with Gasteiger partial charge in [0.25, 0.3) is 0 Å². The van der Waals surface area contributed by atoms with Crippen LogP contribution in [0.5, 0.6) is 0 Å². The van der Waals surface area contributed by atoms with Crippen molar-refractivity contribution >= 4 is 29.4 Å². The standard InChI is InChI=1S/C18H19ClN2O4/c1-4-25-18(23)14-7-5-6-13(10-14)11-21-17(19)15(8-9-24-3)16(20-21)12(2)22/h5-10H,4,11H2,1-3H3. The molecule has 0 aliphatic carbocycles. The van der Waals surface area contributed by atoms with Gasteiger partial charge in [-0.25, -0.2) is 9.48 Å². The molecule has 0 radical (unpaired) electrons. The van der Waals surface area contributed by atoms with E-state index in [4.69, 9.17) is 21.1 Å². The van der Waals surface area contributed by atoms with Crippen LogP contribution in [-0.2, 0) is 16.0 Å². The molecule has 2 aromatic rings. The van der Waals surface area contributed by atoms with Gasteiger partial charge >= 0.3 is 5.97 Å². The number of hydrogen-bond acceptors (Lipinski definition) is 5. The first-order valence-electron chi connectivity index (χ1n) is 7.70. The summed E-state index contributed by atoms with van der Waals surface area (Å²) in [5.41, 5.74) is 2.03. The molecule has 0 N–H and O–H groups in total. The Hall–Kier alpha value is -2.60. The summed E-state index contributed by atoms with van der Waals surface area (Å²) in [5, 5.41) is 4.60. The van der Waals surface area contributed by atoms with Gasteiger partial charge in [-0.1, -0.05) is 23.7 Å². The normalized spacial score (nSPS) is 10.9. The zero-order valence-corrected chi connectivity index (χ0v) is 15.0. The number of benzene rings is 1. The third-order valence-corrected chi connectivity index (χ3v) is 3.80. The highest BCUT2D eigenvalue weighted by Gasteiger charge is 2.18. The lowest BCUT2D eigenvalue weighted by Gasteiger charge is -2.06. The van der Waals surface area contributed by atoms with Crippen LogP contribution in [0.2, 0.25) is 5.15 Å². The van der Waals surface area contributed by atoms with Gasteiger partial charge in [-0.05, 0) is 30.7 Å². The van der Waals surface area contributed by atoms with Crippen LogP contribution < -0.4 is 0 Å². The molecule has 0 saturated carbocycles. The second-order valence-electron chi connectivity index (χ2n) is 5.23. The number of rotatable bonds is 7. The number of esters is 1. The lowest BCUT2D eigenvalue weighted by atomic mass is 10.1.